The van der Waals surface area contributed by atoms with E-state index in [1.165, 1.54) is 17.7 Å². The van der Waals surface area contributed by atoms with E-state index in [-0.39, 0.29) is 17.9 Å². The van der Waals surface area contributed by atoms with Crippen LogP contribution in [0.2, 0.25) is 0 Å². The molecule has 1 saturated carbocycles. The number of hydrogen-bond acceptors (Lipinski definition) is 2. The van der Waals surface area contributed by atoms with Gasteiger partial charge in [0.1, 0.15) is 0 Å². The number of nitrogens with two attached hydrogens (primary N) is 1. The van der Waals surface area contributed by atoms with Crippen LogP contribution in [0.25, 0.3) is 0 Å². The summed E-state index contributed by atoms with van der Waals surface area (Å²) >= 11 is 0. The van der Waals surface area contributed by atoms with E-state index in [0.29, 0.717) is 18.2 Å². The fraction of sp³-hybridized carbons (Fsp3) is 0.429. The highest BCUT2D eigenvalue weighted by molar-refractivity contribution is 6.21. The first kappa shape index (κ1) is 11.4. The third kappa shape index (κ3) is 2.04. The van der Waals surface area contributed by atoms with E-state index in [1.807, 2.05) is 31.2 Å². The molecule has 1 aromatic carbocycles. The number of benzene rings is 1. The van der Waals surface area contributed by atoms with Gasteiger partial charge in [-0.05, 0) is 19.1 Å². The van der Waals surface area contributed by atoms with Crippen LogP contribution in [0.3, 0.4) is 0 Å². The van der Waals surface area contributed by atoms with Crippen molar-refractivity contribution in [1.82, 2.24) is 0 Å². The van der Waals surface area contributed by atoms with Gasteiger partial charge in [-0.25, -0.2) is 4.90 Å². The van der Waals surface area contributed by atoms with Crippen LogP contribution in [0.1, 0.15) is 24.8 Å². The molecule has 1 aliphatic heterocycles. The Labute approximate surface area is 106 Å². The minimum atomic E-state index is -0.202. The summed E-state index contributed by atoms with van der Waals surface area (Å²) < 4.78 is 0. The quantitative estimate of drug-likeness (QED) is 0.781. The minimum Gasteiger partial charge on any atom is -0.333 e. The van der Waals surface area contributed by atoms with Crippen molar-refractivity contribution in [2.45, 2.75) is 38.3 Å². The van der Waals surface area contributed by atoms with Gasteiger partial charge < -0.3 is 5.32 Å². The van der Waals surface area contributed by atoms with Gasteiger partial charge in [-0.15, -0.1) is 0 Å². The molecule has 1 aromatic rings. The lowest BCUT2D eigenvalue weighted by molar-refractivity contribution is -0.687. The first-order valence-electron chi connectivity index (χ1n) is 6.43. The molecule has 2 N–H and O–H groups in total. The van der Waals surface area contributed by atoms with Crippen LogP contribution in [0.5, 0.6) is 0 Å². The molecule has 4 heteroatoms. The fourth-order valence-electron chi connectivity index (χ4n) is 2.39. The van der Waals surface area contributed by atoms with Crippen LogP contribution in [0, 0.1) is 6.92 Å². The van der Waals surface area contributed by atoms with Gasteiger partial charge in [0.2, 0.25) is 5.91 Å². The number of rotatable bonds is 3. The Kier molecular flexibility index (Phi) is 2.67. The highest BCUT2D eigenvalue weighted by atomic mass is 16.2. The summed E-state index contributed by atoms with van der Waals surface area (Å²) in [5.74, 6) is -0.137. The molecule has 94 valence electrons. The number of anilines is 1. The maximum Gasteiger partial charge on any atom is 0.292 e. The Morgan fingerprint density at radius 2 is 1.83 bits per heavy atom. The van der Waals surface area contributed by atoms with E-state index >= 15 is 0 Å². The number of imide groups is 1. The SMILES string of the molecule is Cc1ccc(N2C(=O)C[C@H]([NH2+]C3CC3)C2=O)cc1. The average Bonchev–Trinajstić information content (AvgIpc) is 3.10. The molecule has 0 aromatic heterocycles. The summed E-state index contributed by atoms with van der Waals surface area (Å²) in [4.78, 5) is 25.5. The van der Waals surface area contributed by atoms with E-state index in [4.69, 9.17) is 0 Å². The van der Waals surface area contributed by atoms with E-state index < -0.39 is 0 Å². The number of carbonyl (C=O) groups is 2. The summed E-state index contributed by atoms with van der Waals surface area (Å²) in [6.45, 7) is 1.99. The van der Waals surface area contributed by atoms with E-state index in [0.717, 1.165) is 5.56 Å². The van der Waals surface area contributed by atoms with Gasteiger partial charge in [-0.1, -0.05) is 17.7 Å². The topological polar surface area (TPSA) is 54.0 Å². The molecule has 1 aliphatic carbocycles. The molecule has 18 heavy (non-hydrogen) atoms. The molecule has 0 spiro atoms. The first-order chi connectivity index (χ1) is 8.65. The molecule has 2 aliphatic rings. The van der Waals surface area contributed by atoms with Crippen molar-refractivity contribution in [3.05, 3.63) is 29.8 Å². The predicted octanol–water partition coefficient (Wildman–Crippen LogP) is 0.353. The molecule has 0 bridgehead atoms. The summed E-state index contributed by atoms with van der Waals surface area (Å²) in [7, 11) is 0. The Hall–Kier alpha value is -1.68. The van der Waals surface area contributed by atoms with Gasteiger partial charge >= 0.3 is 0 Å². The number of hydrogen-bond donors (Lipinski definition) is 1. The molecule has 2 amide bonds. The van der Waals surface area contributed by atoms with Crippen molar-refractivity contribution < 1.29 is 14.9 Å². The first-order valence-corrected chi connectivity index (χ1v) is 6.43. The standard InChI is InChI=1S/C14H16N2O2/c1-9-2-6-11(7-3-9)16-13(17)8-12(14(16)18)15-10-4-5-10/h2-3,6-7,10,12,15H,4-5,8H2,1H3/p+1/t12-/m0/s1. The zero-order valence-corrected chi connectivity index (χ0v) is 10.4. The lowest BCUT2D eigenvalue weighted by Gasteiger charge is -2.14. The number of nitrogens with zero attached hydrogens (tertiary/aromatic N) is 1. The average molecular weight is 245 g/mol. The molecule has 1 saturated heterocycles. The number of amides is 2. The second kappa shape index (κ2) is 4.21. The minimum absolute atomic E-state index is 0.0595. The summed E-state index contributed by atoms with van der Waals surface area (Å²) in [5, 5.41) is 2.06. The smallest absolute Gasteiger partial charge is 0.292 e. The zero-order valence-electron chi connectivity index (χ0n) is 10.4. The monoisotopic (exact) mass is 245 g/mol. The summed E-state index contributed by atoms with van der Waals surface area (Å²) in [6, 6.07) is 7.88. The fourth-order valence-corrected chi connectivity index (χ4v) is 2.39. The largest absolute Gasteiger partial charge is 0.333 e. The highest BCUT2D eigenvalue weighted by Gasteiger charge is 2.44. The van der Waals surface area contributed by atoms with E-state index in [9.17, 15) is 9.59 Å². The Bertz CT molecular complexity index is 491. The third-order valence-electron chi connectivity index (χ3n) is 3.60. The van der Waals surface area contributed by atoms with Crippen LogP contribution < -0.4 is 10.2 Å². The van der Waals surface area contributed by atoms with E-state index in [2.05, 4.69) is 5.32 Å². The van der Waals surface area contributed by atoms with Gasteiger partial charge in [-0.3, -0.25) is 9.59 Å². The highest BCUT2D eigenvalue weighted by Crippen LogP contribution is 2.23. The Morgan fingerprint density at radius 3 is 2.44 bits per heavy atom. The molecule has 0 radical (unpaired) electrons. The van der Waals surface area contributed by atoms with Crippen molar-refractivity contribution in [2.24, 2.45) is 0 Å². The van der Waals surface area contributed by atoms with Crippen LogP contribution in [0.15, 0.2) is 24.3 Å². The lowest BCUT2D eigenvalue weighted by Crippen LogP contribution is -2.93. The van der Waals surface area contributed by atoms with Gasteiger partial charge in [0, 0.05) is 12.8 Å². The summed E-state index contributed by atoms with van der Waals surface area (Å²) in [6.07, 6.45) is 2.67. The van der Waals surface area contributed by atoms with Gasteiger partial charge in [0.25, 0.3) is 5.91 Å². The molecule has 1 heterocycles. The normalized spacial score (nSPS) is 23.8. The number of aryl methyl sites for hydroxylation is 1. The van der Waals surface area contributed by atoms with Crippen LogP contribution >= 0.6 is 0 Å². The van der Waals surface area contributed by atoms with Gasteiger partial charge in [-0.2, -0.15) is 0 Å². The van der Waals surface area contributed by atoms with Crippen molar-refractivity contribution >= 4 is 17.5 Å². The van der Waals surface area contributed by atoms with Crippen molar-refractivity contribution in [1.29, 1.82) is 0 Å². The van der Waals surface area contributed by atoms with Gasteiger partial charge in [0.05, 0.1) is 18.2 Å². The third-order valence-corrected chi connectivity index (χ3v) is 3.60. The molecule has 3 rings (SSSR count). The summed E-state index contributed by atoms with van der Waals surface area (Å²) in [5.41, 5.74) is 1.82. The molecule has 0 unspecified atom stereocenters. The zero-order chi connectivity index (χ0) is 12.7. The van der Waals surface area contributed by atoms with Crippen LogP contribution in [-0.2, 0) is 9.59 Å². The van der Waals surface area contributed by atoms with E-state index in [1.54, 1.807) is 0 Å². The second-order valence-electron chi connectivity index (χ2n) is 5.24. The number of carbonyl (C=O) groups excluding carboxylic acids is 2. The molecule has 2 fully saturated rings. The molecule has 1 atom stereocenters. The van der Waals surface area contributed by atoms with Crippen LogP contribution in [-0.4, -0.2) is 23.9 Å². The van der Waals surface area contributed by atoms with Crippen molar-refractivity contribution in [3.8, 4) is 0 Å². The van der Waals surface area contributed by atoms with Gasteiger partial charge in [0.15, 0.2) is 6.04 Å². The molecular weight excluding hydrogens is 228 g/mol. The number of quaternary nitrogens is 1. The second-order valence-corrected chi connectivity index (χ2v) is 5.24. The lowest BCUT2D eigenvalue weighted by atomic mass is 10.2. The Morgan fingerprint density at radius 1 is 1.17 bits per heavy atom. The Balaban J connectivity index is 1.80. The molecular formula is C14H17N2O2+. The molecule has 4 nitrogen and oxygen atoms in total. The van der Waals surface area contributed by atoms with Crippen molar-refractivity contribution in [3.63, 3.8) is 0 Å². The van der Waals surface area contributed by atoms with Crippen LogP contribution in [0.4, 0.5) is 5.69 Å². The van der Waals surface area contributed by atoms with Crippen molar-refractivity contribution in [2.75, 3.05) is 4.90 Å². The predicted molar refractivity (Wildman–Crippen MR) is 67.0 cm³/mol. The maximum atomic E-state index is 12.2. The maximum absolute atomic E-state index is 12.2.